The highest BCUT2D eigenvalue weighted by atomic mass is 16.6. The van der Waals surface area contributed by atoms with Crippen molar-refractivity contribution in [2.75, 3.05) is 18.5 Å². The molecule has 0 fully saturated rings. The molecule has 1 heterocycles. The van der Waals surface area contributed by atoms with E-state index in [2.05, 4.69) is 19.2 Å². The predicted octanol–water partition coefficient (Wildman–Crippen LogP) is 3.99. The Kier molecular flexibility index (Phi) is 5.12. The Hall–Kier alpha value is -2.69. The lowest BCUT2D eigenvalue weighted by Crippen LogP contribution is -2.30. The lowest BCUT2D eigenvalue weighted by Gasteiger charge is -2.20. The van der Waals surface area contributed by atoms with Gasteiger partial charge in [-0.05, 0) is 36.6 Å². The van der Waals surface area contributed by atoms with E-state index in [-0.39, 0.29) is 5.91 Å². The number of nitrogens with one attached hydrogen (secondary N) is 1. The van der Waals surface area contributed by atoms with Crippen molar-refractivity contribution in [1.29, 1.82) is 0 Å². The fraction of sp³-hybridized carbons (Fsp3) is 0.350. The van der Waals surface area contributed by atoms with Crippen LogP contribution in [0.25, 0.3) is 0 Å². The van der Waals surface area contributed by atoms with E-state index in [0.717, 1.165) is 11.3 Å². The van der Waals surface area contributed by atoms with Crippen LogP contribution in [0.15, 0.2) is 42.5 Å². The molecule has 1 N–H and O–H groups in total. The molecule has 5 nitrogen and oxygen atoms in total. The highest BCUT2D eigenvalue weighted by molar-refractivity contribution is 5.94. The summed E-state index contributed by atoms with van der Waals surface area (Å²) in [5.41, 5.74) is 1.74. The third-order valence-electron chi connectivity index (χ3n) is 4.02. The van der Waals surface area contributed by atoms with Gasteiger partial charge in [0.05, 0.1) is 0 Å². The standard InChI is InChI=1S/C20H23NO4/c1-13(2)16-6-4-5-7-17(16)25-14(3)20(22)21-15-8-9-18-19(12-15)24-11-10-23-18/h4-9,12-14H,10-11H2,1-3H3,(H,21,22)/t14-/m1/s1. The van der Waals surface area contributed by atoms with Crippen molar-refractivity contribution < 1.29 is 19.0 Å². The third-order valence-corrected chi connectivity index (χ3v) is 4.02. The van der Waals surface area contributed by atoms with Crippen LogP contribution < -0.4 is 19.5 Å². The Morgan fingerprint density at radius 1 is 1.04 bits per heavy atom. The van der Waals surface area contributed by atoms with Gasteiger partial charge in [-0.25, -0.2) is 0 Å². The van der Waals surface area contributed by atoms with Crippen molar-refractivity contribution in [3.63, 3.8) is 0 Å². The van der Waals surface area contributed by atoms with Gasteiger partial charge in [0.15, 0.2) is 17.6 Å². The zero-order chi connectivity index (χ0) is 17.8. The summed E-state index contributed by atoms with van der Waals surface area (Å²) in [5.74, 6) is 2.18. The Labute approximate surface area is 147 Å². The summed E-state index contributed by atoms with van der Waals surface area (Å²) in [6, 6.07) is 13.1. The number of benzene rings is 2. The summed E-state index contributed by atoms with van der Waals surface area (Å²) in [7, 11) is 0. The molecule has 25 heavy (non-hydrogen) atoms. The number of carbonyl (C=O) groups excluding carboxylic acids is 1. The van der Waals surface area contributed by atoms with Crippen LogP contribution in [0.5, 0.6) is 17.2 Å². The summed E-state index contributed by atoms with van der Waals surface area (Å²) < 4.78 is 16.9. The molecule has 0 aliphatic carbocycles. The molecule has 1 atom stereocenters. The van der Waals surface area contributed by atoms with Crippen molar-refractivity contribution in [1.82, 2.24) is 0 Å². The van der Waals surface area contributed by atoms with Gasteiger partial charge >= 0.3 is 0 Å². The van der Waals surface area contributed by atoms with Crippen molar-refractivity contribution in [3.8, 4) is 17.2 Å². The number of anilines is 1. The molecular formula is C20H23NO4. The number of para-hydroxylation sites is 1. The summed E-state index contributed by atoms with van der Waals surface area (Å²) in [6.45, 7) is 6.99. The summed E-state index contributed by atoms with van der Waals surface area (Å²) in [6.07, 6.45) is -0.617. The van der Waals surface area contributed by atoms with Crippen LogP contribution in [0, 0.1) is 0 Å². The lowest BCUT2D eigenvalue weighted by atomic mass is 10.0. The van der Waals surface area contributed by atoms with Crippen molar-refractivity contribution >= 4 is 11.6 Å². The number of hydrogen-bond donors (Lipinski definition) is 1. The topological polar surface area (TPSA) is 56.8 Å². The van der Waals surface area contributed by atoms with E-state index in [4.69, 9.17) is 14.2 Å². The zero-order valence-corrected chi connectivity index (χ0v) is 14.7. The van der Waals surface area contributed by atoms with Gasteiger partial charge < -0.3 is 19.5 Å². The highest BCUT2D eigenvalue weighted by Gasteiger charge is 2.19. The fourth-order valence-corrected chi connectivity index (χ4v) is 2.67. The lowest BCUT2D eigenvalue weighted by molar-refractivity contribution is -0.122. The van der Waals surface area contributed by atoms with Crippen LogP contribution in [0.3, 0.4) is 0 Å². The smallest absolute Gasteiger partial charge is 0.265 e. The van der Waals surface area contributed by atoms with Crippen LogP contribution in [0.2, 0.25) is 0 Å². The number of fused-ring (bicyclic) bond motifs is 1. The van der Waals surface area contributed by atoms with E-state index >= 15 is 0 Å². The first-order valence-corrected chi connectivity index (χ1v) is 8.50. The normalized spacial score (nSPS) is 14.1. The molecule has 0 bridgehead atoms. The van der Waals surface area contributed by atoms with E-state index in [1.807, 2.05) is 24.3 Å². The second-order valence-electron chi connectivity index (χ2n) is 6.30. The van der Waals surface area contributed by atoms with Crippen LogP contribution in [-0.2, 0) is 4.79 Å². The highest BCUT2D eigenvalue weighted by Crippen LogP contribution is 2.33. The molecule has 132 valence electrons. The quantitative estimate of drug-likeness (QED) is 0.893. The van der Waals surface area contributed by atoms with Crippen LogP contribution >= 0.6 is 0 Å². The van der Waals surface area contributed by atoms with E-state index in [1.54, 1.807) is 25.1 Å². The molecule has 0 saturated carbocycles. The third kappa shape index (κ3) is 4.05. The Bertz CT molecular complexity index is 757. The zero-order valence-electron chi connectivity index (χ0n) is 14.7. The van der Waals surface area contributed by atoms with Gasteiger partial charge in [0.25, 0.3) is 5.91 Å². The summed E-state index contributed by atoms with van der Waals surface area (Å²) in [4.78, 5) is 12.5. The van der Waals surface area contributed by atoms with Crippen molar-refractivity contribution in [2.45, 2.75) is 32.8 Å². The monoisotopic (exact) mass is 341 g/mol. The molecular weight excluding hydrogens is 318 g/mol. The van der Waals surface area contributed by atoms with Crippen LogP contribution in [0.4, 0.5) is 5.69 Å². The minimum atomic E-state index is -0.617. The number of amides is 1. The predicted molar refractivity (Wildman–Crippen MR) is 96.7 cm³/mol. The van der Waals surface area contributed by atoms with Gasteiger partial charge in [0.1, 0.15) is 19.0 Å². The summed E-state index contributed by atoms with van der Waals surface area (Å²) >= 11 is 0. The molecule has 1 aliphatic heterocycles. The molecule has 0 aromatic heterocycles. The number of carbonyl (C=O) groups is 1. The molecule has 1 amide bonds. The molecule has 2 aromatic carbocycles. The maximum atomic E-state index is 12.5. The SMILES string of the molecule is CC(C)c1ccccc1O[C@H](C)C(=O)Nc1ccc2c(c1)OCCO2. The first kappa shape index (κ1) is 17.1. The minimum absolute atomic E-state index is 0.213. The van der Waals surface area contributed by atoms with Gasteiger partial charge in [-0.2, -0.15) is 0 Å². The molecule has 3 rings (SSSR count). The first-order valence-electron chi connectivity index (χ1n) is 8.50. The average molecular weight is 341 g/mol. The molecule has 1 aliphatic rings. The van der Waals surface area contributed by atoms with Gasteiger partial charge in [0.2, 0.25) is 0 Å². The Balaban J connectivity index is 1.67. The minimum Gasteiger partial charge on any atom is -0.486 e. The van der Waals surface area contributed by atoms with Gasteiger partial charge in [-0.1, -0.05) is 32.0 Å². The first-order chi connectivity index (χ1) is 12.0. The van der Waals surface area contributed by atoms with E-state index in [1.165, 1.54) is 0 Å². The molecule has 0 radical (unpaired) electrons. The van der Waals surface area contributed by atoms with E-state index in [0.29, 0.717) is 36.3 Å². The van der Waals surface area contributed by atoms with Gasteiger partial charge in [-0.15, -0.1) is 0 Å². The molecule has 0 spiro atoms. The Morgan fingerprint density at radius 2 is 1.76 bits per heavy atom. The van der Waals surface area contributed by atoms with Crippen molar-refractivity contribution in [3.05, 3.63) is 48.0 Å². The van der Waals surface area contributed by atoms with Crippen molar-refractivity contribution in [2.24, 2.45) is 0 Å². The number of rotatable bonds is 5. The average Bonchev–Trinajstić information content (AvgIpc) is 2.61. The molecule has 5 heteroatoms. The molecule has 0 saturated heterocycles. The van der Waals surface area contributed by atoms with Crippen LogP contribution in [-0.4, -0.2) is 25.2 Å². The van der Waals surface area contributed by atoms with Crippen LogP contribution in [0.1, 0.15) is 32.3 Å². The molecule has 0 unspecified atom stereocenters. The fourth-order valence-electron chi connectivity index (χ4n) is 2.67. The maximum Gasteiger partial charge on any atom is 0.265 e. The van der Waals surface area contributed by atoms with Gasteiger partial charge in [-0.3, -0.25) is 4.79 Å². The maximum absolute atomic E-state index is 12.5. The second-order valence-corrected chi connectivity index (χ2v) is 6.30. The van der Waals surface area contributed by atoms with Gasteiger partial charge in [0, 0.05) is 11.8 Å². The van der Waals surface area contributed by atoms with E-state index < -0.39 is 6.10 Å². The number of hydrogen-bond acceptors (Lipinski definition) is 4. The number of ether oxygens (including phenoxy) is 3. The van der Waals surface area contributed by atoms with E-state index in [9.17, 15) is 4.79 Å². The Morgan fingerprint density at radius 3 is 2.52 bits per heavy atom. The second kappa shape index (κ2) is 7.47. The summed E-state index contributed by atoms with van der Waals surface area (Å²) in [5, 5.41) is 2.86. The molecule has 2 aromatic rings. The largest absolute Gasteiger partial charge is 0.486 e.